The second kappa shape index (κ2) is 9.30. The molecule has 0 aliphatic carbocycles. The van der Waals surface area contributed by atoms with E-state index in [0.29, 0.717) is 53.8 Å². The lowest BCUT2D eigenvalue weighted by molar-refractivity contribution is -0.0163. The highest BCUT2D eigenvalue weighted by molar-refractivity contribution is 7.93. The number of aromatic nitrogens is 2. The lowest BCUT2D eigenvalue weighted by Gasteiger charge is -2.38. The van der Waals surface area contributed by atoms with Gasteiger partial charge in [0.15, 0.2) is 0 Å². The molecule has 0 unspecified atom stereocenters. The van der Waals surface area contributed by atoms with Gasteiger partial charge in [-0.2, -0.15) is 4.37 Å². The van der Waals surface area contributed by atoms with Gasteiger partial charge in [-0.05, 0) is 73.3 Å². The smallest absolute Gasteiger partial charge is 0.263 e. The molecule has 0 spiro atoms. The number of nitrogens with one attached hydrogen (secondary N) is 1. The molecule has 35 heavy (non-hydrogen) atoms. The van der Waals surface area contributed by atoms with Crippen LogP contribution in [0.4, 0.5) is 5.69 Å². The number of benzene rings is 2. The van der Waals surface area contributed by atoms with E-state index in [1.54, 1.807) is 52.9 Å². The highest BCUT2D eigenvalue weighted by Gasteiger charge is 2.35. The summed E-state index contributed by atoms with van der Waals surface area (Å²) in [6.07, 6.45) is 1.53. The van der Waals surface area contributed by atoms with Gasteiger partial charge in [0.05, 0.1) is 27.0 Å². The summed E-state index contributed by atoms with van der Waals surface area (Å²) in [4.78, 5) is 19.1. The lowest BCUT2D eigenvalue weighted by Crippen LogP contribution is -2.47. The topological polar surface area (TPSA) is 112 Å². The van der Waals surface area contributed by atoms with E-state index < -0.39 is 15.6 Å². The SMILES string of the molecule is Cc1nscc1CC1(O)CCN(C(=O)c2ccc(NS(=O)(=O)c3cccc4ncsc34)cc2)CC1. The Kier molecular flexibility index (Phi) is 6.34. The maximum absolute atomic E-state index is 13.0. The summed E-state index contributed by atoms with van der Waals surface area (Å²) < 4.78 is 33.3. The second-order valence-electron chi connectivity index (χ2n) is 8.76. The third-order valence-electron chi connectivity index (χ3n) is 6.34. The van der Waals surface area contributed by atoms with Crippen molar-refractivity contribution in [2.24, 2.45) is 0 Å². The number of aryl methyl sites for hydroxylation is 1. The van der Waals surface area contributed by atoms with Gasteiger partial charge >= 0.3 is 0 Å². The van der Waals surface area contributed by atoms with Gasteiger partial charge < -0.3 is 10.0 Å². The number of hydrogen-bond donors (Lipinski definition) is 2. The Hall–Kier alpha value is -2.86. The van der Waals surface area contributed by atoms with E-state index in [9.17, 15) is 18.3 Å². The number of aliphatic hydroxyl groups is 1. The molecule has 3 heterocycles. The molecule has 0 bridgehead atoms. The summed E-state index contributed by atoms with van der Waals surface area (Å²) in [5, 5.41) is 13.0. The molecule has 1 aliphatic rings. The summed E-state index contributed by atoms with van der Waals surface area (Å²) in [6, 6.07) is 11.4. The molecule has 1 amide bonds. The molecule has 8 nitrogen and oxygen atoms in total. The molecule has 2 aromatic heterocycles. The van der Waals surface area contributed by atoms with Gasteiger partial charge in [-0.1, -0.05) is 6.07 Å². The van der Waals surface area contributed by atoms with Crippen LogP contribution in [0, 0.1) is 6.92 Å². The first-order chi connectivity index (χ1) is 16.7. The van der Waals surface area contributed by atoms with E-state index in [4.69, 9.17) is 0 Å². The maximum Gasteiger partial charge on any atom is 0.263 e. The lowest BCUT2D eigenvalue weighted by atomic mass is 9.85. The van der Waals surface area contributed by atoms with Crippen molar-refractivity contribution in [3.63, 3.8) is 0 Å². The molecule has 11 heteroatoms. The molecule has 2 aromatic carbocycles. The largest absolute Gasteiger partial charge is 0.389 e. The summed E-state index contributed by atoms with van der Waals surface area (Å²) in [6.45, 7) is 2.86. The molecule has 182 valence electrons. The number of rotatable bonds is 6. The quantitative estimate of drug-likeness (QED) is 0.390. The molecule has 5 rings (SSSR count). The molecule has 0 radical (unpaired) electrons. The van der Waals surface area contributed by atoms with Gasteiger partial charge in [0, 0.05) is 36.1 Å². The first-order valence-corrected chi connectivity index (χ1v) is 14.3. The van der Waals surface area contributed by atoms with Crippen molar-refractivity contribution in [3.05, 3.63) is 70.2 Å². The Morgan fingerprint density at radius 1 is 1.17 bits per heavy atom. The molecule has 1 aliphatic heterocycles. The van der Waals surface area contributed by atoms with Crippen molar-refractivity contribution in [2.75, 3.05) is 17.8 Å². The van der Waals surface area contributed by atoms with Crippen LogP contribution in [0.3, 0.4) is 0 Å². The zero-order valence-electron chi connectivity index (χ0n) is 19.0. The summed E-state index contributed by atoms with van der Waals surface area (Å²) in [7, 11) is -3.81. The standard InChI is InChI=1S/C24H24N4O4S3/c1-16-18(14-34-26-16)13-24(30)9-11-28(12-10-24)23(29)17-5-7-19(8-6-17)27-35(31,32)21-4-2-3-20-22(21)33-15-25-20/h2-8,14-15,27,30H,9-13H2,1H3. The Bertz CT molecular complexity index is 1470. The van der Waals surface area contributed by atoms with Gasteiger partial charge in [0.2, 0.25) is 0 Å². The minimum Gasteiger partial charge on any atom is -0.389 e. The van der Waals surface area contributed by atoms with E-state index in [0.717, 1.165) is 11.3 Å². The van der Waals surface area contributed by atoms with Crippen molar-refractivity contribution in [2.45, 2.75) is 36.7 Å². The first kappa shape index (κ1) is 23.9. The maximum atomic E-state index is 13.0. The molecule has 0 atom stereocenters. The fourth-order valence-corrected chi connectivity index (χ4v) is 7.33. The molecular formula is C24H24N4O4S3. The Balaban J connectivity index is 1.23. The highest BCUT2D eigenvalue weighted by atomic mass is 32.2. The van der Waals surface area contributed by atoms with Gasteiger partial charge in [0.25, 0.3) is 15.9 Å². The molecule has 1 saturated heterocycles. The fourth-order valence-electron chi connectivity index (χ4n) is 4.29. The minimum absolute atomic E-state index is 0.135. The van der Waals surface area contributed by atoms with Crippen molar-refractivity contribution < 1.29 is 18.3 Å². The van der Waals surface area contributed by atoms with E-state index >= 15 is 0 Å². The number of fused-ring (bicyclic) bond motifs is 1. The van der Waals surface area contributed by atoms with Crippen molar-refractivity contribution in [1.29, 1.82) is 0 Å². The summed E-state index contributed by atoms with van der Waals surface area (Å²) in [5.41, 5.74) is 4.26. The second-order valence-corrected chi connectivity index (χ2v) is 11.9. The number of nitrogens with zero attached hydrogens (tertiary/aromatic N) is 3. The van der Waals surface area contributed by atoms with Crippen LogP contribution >= 0.6 is 22.9 Å². The molecular weight excluding hydrogens is 504 g/mol. The predicted octanol–water partition coefficient (Wildman–Crippen LogP) is 4.07. The number of sulfonamides is 1. The van der Waals surface area contributed by atoms with Crippen molar-refractivity contribution in [1.82, 2.24) is 14.3 Å². The van der Waals surface area contributed by atoms with Crippen LogP contribution in [0.5, 0.6) is 0 Å². The van der Waals surface area contributed by atoms with Crippen LogP contribution < -0.4 is 4.72 Å². The van der Waals surface area contributed by atoms with Crippen LogP contribution in [-0.4, -0.2) is 52.4 Å². The van der Waals surface area contributed by atoms with Crippen LogP contribution in [0.15, 0.2) is 58.3 Å². The van der Waals surface area contributed by atoms with E-state index in [1.165, 1.54) is 22.9 Å². The minimum atomic E-state index is -3.81. The molecule has 2 N–H and O–H groups in total. The predicted molar refractivity (Wildman–Crippen MR) is 138 cm³/mol. The Labute approximate surface area is 211 Å². The van der Waals surface area contributed by atoms with Gasteiger partial charge in [-0.3, -0.25) is 9.52 Å². The Morgan fingerprint density at radius 2 is 1.91 bits per heavy atom. The number of amides is 1. The van der Waals surface area contributed by atoms with E-state index in [2.05, 4.69) is 14.1 Å². The average Bonchev–Trinajstić information content (AvgIpc) is 3.48. The number of carbonyl (C=O) groups excluding carboxylic acids is 1. The number of piperidine rings is 1. The number of likely N-dealkylation sites (tertiary alicyclic amines) is 1. The van der Waals surface area contributed by atoms with Crippen molar-refractivity contribution in [3.8, 4) is 0 Å². The van der Waals surface area contributed by atoms with E-state index in [1.807, 2.05) is 12.3 Å². The Morgan fingerprint density at radius 3 is 2.60 bits per heavy atom. The average molecular weight is 529 g/mol. The van der Waals surface area contributed by atoms with Crippen LogP contribution in [0.25, 0.3) is 10.2 Å². The number of carbonyl (C=O) groups is 1. The number of hydrogen-bond acceptors (Lipinski definition) is 8. The fraction of sp³-hybridized carbons (Fsp3) is 0.292. The van der Waals surface area contributed by atoms with Gasteiger partial charge in [-0.25, -0.2) is 13.4 Å². The third kappa shape index (κ3) is 4.94. The van der Waals surface area contributed by atoms with E-state index in [-0.39, 0.29) is 10.8 Å². The van der Waals surface area contributed by atoms with Gasteiger partial charge in [0.1, 0.15) is 4.90 Å². The normalized spacial score (nSPS) is 15.9. The van der Waals surface area contributed by atoms with Crippen LogP contribution in [0.2, 0.25) is 0 Å². The number of anilines is 1. The number of thiazole rings is 1. The van der Waals surface area contributed by atoms with Crippen LogP contribution in [-0.2, 0) is 16.4 Å². The zero-order valence-corrected chi connectivity index (χ0v) is 21.4. The summed E-state index contributed by atoms with van der Waals surface area (Å²) in [5.74, 6) is -0.135. The molecule has 0 saturated carbocycles. The first-order valence-electron chi connectivity index (χ1n) is 11.1. The molecule has 1 fully saturated rings. The van der Waals surface area contributed by atoms with Gasteiger partial charge in [-0.15, -0.1) is 11.3 Å². The van der Waals surface area contributed by atoms with Crippen LogP contribution in [0.1, 0.15) is 34.5 Å². The highest BCUT2D eigenvalue weighted by Crippen LogP contribution is 2.30. The zero-order chi connectivity index (χ0) is 24.6. The summed E-state index contributed by atoms with van der Waals surface area (Å²) >= 11 is 2.66. The molecule has 4 aromatic rings. The monoisotopic (exact) mass is 528 g/mol. The third-order valence-corrected chi connectivity index (χ3v) is 9.54. The van der Waals surface area contributed by atoms with Crippen molar-refractivity contribution >= 4 is 54.7 Å².